The molecular weight excluding hydrogens is 380 g/mol. The zero-order valence-electron chi connectivity index (χ0n) is 16.8. The topological polar surface area (TPSA) is 101 Å². The Morgan fingerprint density at radius 3 is 2.30 bits per heavy atom. The van der Waals surface area contributed by atoms with Crippen molar-refractivity contribution in [3.63, 3.8) is 0 Å². The third-order valence-corrected chi connectivity index (χ3v) is 4.86. The van der Waals surface area contributed by atoms with E-state index < -0.39 is 0 Å². The molecule has 1 aliphatic rings. The fraction of sp³-hybridized carbons (Fsp3) is 0.273. The van der Waals surface area contributed by atoms with Gasteiger partial charge in [-0.25, -0.2) is 15.0 Å². The summed E-state index contributed by atoms with van der Waals surface area (Å²) in [5.41, 5.74) is 2.74. The van der Waals surface area contributed by atoms with Crippen LogP contribution in [0, 0.1) is 12.8 Å². The maximum Gasteiger partial charge on any atom is 0.227 e. The van der Waals surface area contributed by atoms with Crippen molar-refractivity contribution >= 4 is 34.7 Å². The van der Waals surface area contributed by atoms with E-state index in [0.29, 0.717) is 24.8 Å². The van der Waals surface area contributed by atoms with Crippen LogP contribution in [0.15, 0.2) is 55.0 Å². The minimum absolute atomic E-state index is 0.0198. The molecule has 0 saturated carbocycles. The number of nitrogens with one attached hydrogen (secondary N) is 3. The van der Waals surface area contributed by atoms with Crippen molar-refractivity contribution in [2.75, 3.05) is 29.2 Å². The van der Waals surface area contributed by atoms with Crippen LogP contribution in [0.5, 0.6) is 0 Å². The summed E-state index contributed by atoms with van der Waals surface area (Å²) in [5, 5.41) is 9.40. The second kappa shape index (κ2) is 9.32. The first-order valence-corrected chi connectivity index (χ1v) is 9.93. The summed E-state index contributed by atoms with van der Waals surface area (Å²) in [5.74, 6) is 2.09. The van der Waals surface area contributed by atoms with Gasteiger partial charge in [-0.15, -0.1) is 0 Å². The predicted octanol–water partition coefficient (Wildman–Crippen LogP) is 4.03. The van der Waals surface area contributed by atoms with Gasteiger partial charge >= 0.3 is 0 Å². The molecule has 1 saturated heterocycles. The molecule has 30 heavy (non-hydrogen) atoms. The molecule has 0 unspecified atom stereocenters. The Morgan fingerprint density at radius 1 is 0.900 bits per heavy atom. The smallest absolute Gasteiger partial charge is 0.227 e. The van der Waals surface area contributed by atoms with E-state index in [9.17, 15) is 4.79 Å². The van der Waals surface area contributed by atoms with Gasteiger partial charge in [0.15, 0.2) is 0 Å². The summed E-state index contributed by atoms with van der Waals surface area (Å²) in [7, 11) is 0. The number of carbonyl (C=O) groups excluding carboxylic acids is 1. The maximum absolute atomic E-state index is 12.3. The molecular formula is C22H24N6O2. The number of nitrogens with zero attached hydrogens (tertiary/aromatic N) is 3. The molecule has 1 amide bonds. The highest BCUT2D eigenvalue weighted by Crippen LogP contribution is 2.22. The molecule has 1 fully saturated rings. The lowest BCUT2D eigenvalue weighted by Crippen LogP contribution is -2.28. The van der Waals surface area contributed by atoms with Crippen LogP contribution < -0.4 is 16.0 Å². The van der Waals surface area contributed by atoms with Gasteiger partial charge in [-0.1, -0.05) is 0 Å². The van der Waals surface area contributed by atoms with E-state index >= 15 is 0 Å². The Bertz CT molecular complexity index is 1000. The van der Waals surface area contributed by atoms with Gasteiger partial charge in [-0.3, -0.25) is 4.79 Å². The van der Waals surface area contributed by atoms with Crippen LogP contribution in [-0.4, -0.2) is 34.1 Å². The second-order valence-electron chi connectivity index (χ2n) is 7.21. The molecule has 0 bridgehead atoms. The second-order valence-corrected chi connectivity index (χ2v) is 7.21. The number of benzene rings is 1. The van der Waals surface area contributed by atoms with Gasteiger partial charge in [0.05, 0.1) is 0 Å². The molecule has 0 aliphatic carbocycles. The van der Waals surface area contributed by atoms with Gasteiger partial charge in [0, 0.05) is 42.8 Å². The molecule has 8 heteroatoms. The molecule has 0 atom stereocenters. The first-order valence-electron chi connectivity index (χ1n) is 9.93. The highest BCUT2D eigenvalue weighted by Gasteiger charge is 2.21. The average Bonchev–Trinajstić information content (AvgIpc) is 2.76. The molecule has 4 rings (SSSR count). The fourth-order valence-corrected chi connectivity index (χ4v) is 3.22. The number of rotatable bonds is 6. The molecule has 3 N–H and O–H groups in total. The van der Waals surface area contributed by atoms with Gasteiger partial charge in [-0.2, -0.15) is 0 Å². The number of aryl methyl sites for hydroxylation is 1. The van der Waals surface area contributed by atoms with Crippen molar-refractivity contribution in [3.05, 3.63) is 60.6 Å². The van der Waals surface area contributed by atoms with E-state index in [1.807, 2.05) is 49.4 Å². The molecule has 0 radical (unpaired) electrons. The minimum atomic E-state index is 0.0198. The lowest BCUT2D eigenvalue weighted by Gasteiger charge is -2.21. The number of carbonyl (C=O) groups is 1. The Kier molecular flexibility index (Phi) is 6.14. The molecule has 2 aromatic heterocycles. The van der Waals surface area contributed by atoms with Crippen molar-refractivity contribution in [2.24, 2.45) is 5.92 Å². The number of hydrogen-bond donors (Lipinski definition) is 3. The normalized spacial score (nSPS) is 14.2. The molecule has 3 aromatic rings. The summed E-state index contributed by atoms with van der Waals surface area (Å²) in [6.45, 7) is 3.31. The third kappa shape index (κ3) is 5.30. The number of ether oxygens (including phenoxy) is 1. The van der Waals surface area contributed by atoms with Crippen molar-refractivity contribution in [1.29, 1.82) is 0 Å². The zero-order chi connectivity index (χ0) is 20.8. The van der Waals surface area contributed by atoms with Crippen LogP contribution >= 0.6 is 0 Å². The first kappa shape index (κ1) is 19.8. The molecule has 8 nitrogen and oxygen atoms in total. The quantitative estimate of drug-likeness (QED) is 0.570. The molecule has 0 spiro atoms. The Morgan fingerprint density at radius 2 is 1.57 bits per heavy atom. The Balaban J connectivity index is 1.36. The van der Waals surface area contributed by atoms with Gasteiger partial charge in [0.2, 0.25) is 5.91 Å². The van der Waals surface area contributed by atoms with Crippen LogP contribution in [0.2, 0.25) is 0 Å². The first-order chi connectivity index (χ1) is 14.7. The van der Waals surface area contributed by atoms with E-state index in [1.54, 1.807) is 6.20 Å². The zero-order valence-corrected chi connectivity index (χ0v) is 16.8. The lowest BCUT2D eigenvalue weighted by molar-refractivity contribution is -0.122. The van der Waals surface area contributed by atoms with E-state index in [0.717, 1.165) is 35.6 Å². The van der Waals surface area contributed by atoms with Crippen molar-refractivity contribution < 1.29 is 9.53 Å². The number of pyridine rings is 1. The summed E-state index contributed by atoms with van der Waals surface area (Å²) < 4.78 is 5.31. The summed E-state index contributed by atoms with van der Waals surface area (Å²) in [4.78, 5) is 25.1. The van der Waals surface area contributed by atoms with Crippen LogP contribution in [-0.2, 0) is 9.53 Å². The van der Waals surface area contributed by atoms with Crippen LogP contribution in [0.4, 0.5) is 28.8 Å². The number of hydrogen-bond acceptors (Lipinski definition) is 7. The van der Waals surface area contributed by atoms with Crippen LogP contribution in [0.25, 0.3) is 0 Å². The highest BCUT2D eigenvalue weighted by molar-refractivity contribution is 5.92. The predicted molar refractivity (Wildman–Crippen MR) is 116 cm³/mol. The molecule has 1 aromatic carbocycles. The minimum Gasteiger partial charge on any atom is -0.381 e. The van der Waals surface area contributed by atoms with Crippen LogP contribution in [0.1, 0.15) is 18.4 Å². The monoisotopic (exact) mass is 404 g/mol. The van der Waals surface area contributed by atoms with Crippen LogP contribution in [0.3, 0.4) is 0 Å². The SMILES string of the molecule is Cc1ccnc(Nc2cc(Nc3ccc(NC(=O)C4CCOCC4)cc3)ncn2)c1. The number of aromatic nitrogens is 3. The number of anilines is 5. The third-order valence-electron chi connectivity index (χ3n) is 4.86. The van der Waals surface area contributed by atoms with Crippen molar-refractivity contribution in [2.45, 2.75) is 19.8 Å². The van der Waals surface area contributed by atoms with Crippen molar-refractivity contribution in [1.82, 2.24) is 15.0 Å². The van der Waals surface area contributed by atoms with E-state index in [4.69, 9.17) is 4.74 Å². The lowest BCUT2D eigenvalue weighted by atomic mass is 9.99. The fourth-order valence-electron chi connectivity index (χ4n) is 3.22. The Hall–Kier alpha value is -3.52. The van der Waals surface area contributed by atoms with Gasteiger partial charge in [0.25, 0.3) is 0 Å². The van der Waals surface area contributed by atoms with E-state index in [2.05, 4.69) is 30.9 Å². The molecule has 154 valence electrons. The summed E-state index contributed by atoms with van der Waals surface area (Å²) >= 11 is 0. The van der Waals surface area contributed by atoms with Gasteiger partial charge in [0.1, 0.15) is 23.8 Å². The highest BCUT2D eigenvalue weighted by atomic mass is 16.5. The Labute approximate surface area is 175 Å². The van der Waals surface area contributed by atoms with E-state index in [1.165, 1.54) is 6.33 Å². The molecule has 1 aliphatic heterocycles. The summed E-state index contributed by atoms with van der Waals surface area (Å²) in [6, 6.07) is 13.2. The summed E-state index contributed by atoms with van der Waals surface area (Å²) in [6.07, 6.45) is 4.78. The average molecular weight is 404 g/mol. The standard InChI is InChI=1S/C22H24N6O2/c1-15-6-9-23-19(12-15)28-21-13-20(24-14-25-21)26-17-2-4-18(5-3-17)27-22(29)16-7-10-30-11-8-16/h2-6,9,12-14,16H,7-8,10-11H2,1H3,(H,27,29)(H2,23,24,25,26,28). The van der Waals surface area contributed by atoms with Crippen molar-refractivity contribution in [3.8, 4) is 0 Å². The van der Waals surface area contributed by atoms with Gasteiger partial charge in [-0.05, 0) is 61.7 Å². The maximum atomic E-state index is 12.3. The largest absolute Gasteiger partial charge is 0.381 e. The molecule has 3 heterocycles. The number of amides is 1. The van der Waals surface area contributed by atoms with E-state index in [-0.39, 0.29) is 11.8 Å². The van der Waals surface area contributed by atoms with Gasteiger partial charge < -0.3 is 20.7 Å².